The zero-order valence-electron chi connectivity index (χ0n) is 10.9. The molecule has 1 saturated heterocycles. The molecular formula is C14H19FN2O. The number of carbonyl (C=O) groups excluding carboxylic acids is 1. The number of benzene rings is 1. The van der Waals surface area contributed by atoms with Crippen molar-refractivity contribution in [1.29, 1.82) is 0 Å². The lowest BCUT2D eigenvalue weighted by molar-refractivity contribution is -0.119. The lowest BCUT2D eigenvalue weighted by Crippen LogP contribution is -2.47. The van der Waals surface area contributed by atoms with Gasteiger partial charge in [0.2, 0.25) is 5.91 Å². The topological polar surface area (TPSA) is 32.3 Å². The summed E-state index contributed by atoms with van der Waals surface area (Å²) in [5.74, 6) is -0.365. The molecule has 1 aromatic rings. The van der Waals surface area contributed by atoms with Crippen LogP contribution in [0.15, 0.2) is 24.3 Å². The van der Waals surface area contributed by atoms with Crippen LogP contribution in [-0.4, -0.2) is 25.5 Å². The summed E-state index contributed by atoms with van der Waals surface area (Å²) in [6, 6.07) is 6.46. The van der Waals surface area contributed by atoms with Gasteiger partial charge >= 0.3 is 0 Å². The Balaban J connectivity index is 2.32. The van der Waals surface area contributed by atoms with Gasteiger partial charge in [0.05, 0.1) is 5.69 Å². The van der Waals surface area contributed by atoms with E-state index in [0.29, 0.717) is 25.2 Å². The fourth-order valence-electron chi connectivity index (χ4n) is 2.22. The number of rotatable bonds is 1. The quantitative estimate of drug-likeness (QED) is 0.828. The maximum Gasteiger partial charge on any atom is 0.228 e. The first-order valence-corrected chi connectivity index (χ1v) is 6.25. The molecule has 0 aliphatic carbocycles. The molecule has 0 unspecified atom stereocenters. The van der Waals surface area contributed by atoms with Crippen LogP contribution in [0.2, 0.25) is 0 Å². The summed E-state index contributed by atoms with van der Waals surface area (Å²) in [5, 5.41) is 3.25. The molecule has 1 fully saturated rings. The maximum absolute atomic E-state index is 13.8. The zero-order valence-corrected chi connectivity index (χ0v) is 10.9. The molecule has 4 heteroatoms. The SMILES string of the molecule is CC1(C)CNCCC(=O)N(c2ccccc2F)C1. The highest BCUT2D eigenvalue weighted by Crippen LogP contribution is 2.25. The van der Waals surface area contributed by atoms with Gasteiger partial charge in [-0.3, -0.25) is 4.79 Å². The standard InChI is InChI=1S/C14H19FN2O/c1-14(2)9-16-8-7-13(18)17(10-14)12-6-4-3-5-11(12)15/h3-6,16H,7-10H2,1-2H3. The molecule has 0 radical (unpaired) electrons. The highest BCUT2D eigenvalue weighted by Gasteiger charge is 2.29. The van der Waals surface area contributed by atoms with Gasteiger partial charge in [0.25, 0.3) is 0 Å². The largest absolute Gasteiger partial charge is 0.316 e. The third-order valence-electron chi connectivity index (χ3n) is 3.15. The Labute approximate surface area is 107 Å². The fourth-order valence-corrected chi connectivity index (χ4v) is 2.22. The molecule has 1 heterocycles. The van der Waals surface area contributed by atoms with Gasteiger partial charge < -0.3 is 10.2 Å². The van der Waals surface area contributed by atoms with Crippen LogP contribution in [0.5, 0.6) is 0 Å². The number of carbonyl (C=O) groups is 1. The molecule has 3 nitrogen and oxygen atoms in total. The second-order valence-corrected chi connectivity index (χ2v) is 5.52. The van der Waals surface area contributed by atoms with E-state index in [4.69, 9.17) is 0 Å². The summed E-state index contributed by atoms with van der Waals surface area (Å²) in [4.78, 5) is 13.7. The van der Waals surface area contributed by atoms with Crippen LogP contribution in [-0.2, 0) is 4.79 Å². The summed E-state index contributed by atoms with van der Waals surface area (Å²) >= 11 is 0. The van der Waals surface area contributed by atoms with Crippen LogP contribution in [0.25, 0.3) is 0 Å². The Bertz CT molecular complexity index is 445. The van der Waals surface area contributed by atoms with E-state index in [1.807, 2.05) is 0 Å². The average molecular weight is 250 g/mol. The zero-order chi connectivity index (χ0) is 13.2. The first-order valence-electron chi connectivity index (χ1n) is 6.25. The van der Waals surface area contributed by atoms with Crippen molar-refractivity contribution < 1.29 is 9.18 Å². The van der Waals surface area contributed by atoms with Crippen LogP contribution in [0.4, 0.5) is 10.1 Å². The van der Waals surface area contributed by atoms with Gasteiger partial charge in [-0.1, -0.05) is 26.0 Å². The summed E-state index contributed by atoms with van der Waals surface area (Å²) in [6.45, 7) is 6.15. The third kappa shape index (κ3) is 2.88. The molecule has 1 aromatic carbocycles. The molecule has 1 N–H and O–H groups in total. The average Bonchev–Trinajstić information content (AvgIpc) is 2.31. The van der Waals surface area contributed by atoms with Crippen molar-refractivity contribution >= 4 is 11.6 Å². The minimum absolute atomic E-state index is 0.0274. The van der Waals surface area contributed by atoms with Crippen LogP contribution in [0.3, 0.4) is 0 Å². The molecule has 0 saturated carbocycles. The normalized spacial score (nSPS) is 20.4. The Hall–Kier alpha value is -1.42. The highest BCUT2D eigenvalue weighted by molar-refractivity contribution is 5.93. The van der Waals surface area contributed by atoms with E-state index in [2.05, 4.69) is 19.2 Å². The van der Waals surface area contributed by atoms with Crippen molar-refractivity contribution in [3.8, 4) is 0 Å². The monoisotopic (exact) mass is 250 g/mol. The molecule has 0 atom stereocenters. The predicted molar refractivity (Wildman–Crippen MR) is 70.0 cm³/mol. The van der Waals surface area contributed by atoms with Crippen molar-refractivity contribution in [3.63, 3.8) is 0 Å². The van der Waals surface area contributed by atoms with E-state index in [1.165, 1.54) is 6.07 Å². The van der Waals surface area contributed by atoms with Crippen molar-refractivity contribution in [3.05, 3.63) is 30.1 Å². The number of hydrogen-bond donors (Lipinski definition) is 1. The maximum atomic E-state index is 13.8. The number of para-hydroxylation sites is 1. The summed E-state index contributed by atoms with van der Waals surface area (Å²) in [6.07, 6.45) is 0.407. The van der Waals surface area contributed by atoms with E-state index < -0.39 is 0 Å². The number of nitrogens with zero attached hydrogens (tertiary/aromatic N) is 1. The van der Waals surface area contributed by atoms with Crippen LogP contribution in [0, 0.1) is 11.2 Å². The van der Waals surface area contributed by atoms with Gasteiger partial charge in [0.1, 0.15) is 5.82 Å². The Kier molecular flexibility index (Phi) is 3.66. The molecular weight excluding hydrogens is 231 g/mol. The second-order valence-electron chi connectivity index (χ2n) is 5.52. The van der Waals surface area contributed by atoms with Crippen molar-refractivity contribution in [1.82, 2.24) is 5.32 Å². The highest BCUT2D eigenvalue weighted by atomic mass is 19.1. The van der Waals surface area contributed by atoms with Gasteiger partial charge in [-0.25, -0.2) is 4.39 Å². The number of hydrogen-bond acceptors (Lipinski definition) is 2. The van der Waals surface area contributed by atoms with Gasteiger partial charge in [-0.2, -0.15) is 0 Å². The molecule has 1 aliphatic rings. The van der Waals surface area contributed by atoms with Crippen LogP contribution >= 0.6 is 0 Å². The molecule has 1 aliphatic heterocycles. The molecule has 18 heavy (non-hydrogen) atoms. The summed E-state index contributed by atoms with van der Waals surface area (Å²) in [7, 11) is 0. The van der Waals surface area contributed by atoms with E-state index in [9.17, 15) is 9.18 Å². The summed E-state index contributed by atoms with van der Waals surface area (Å²) < 4.78 is 13.8. The third-order valence-corrected chi connectivity index (χ3v) is 3.15. The van der Waals surface area contributed by atoms with E-state index in [-0.39, 0.29) is 17.1 Å². The minimum Gasteiger partial charge on any atom is -0.316 e. The van der Waals surface area contributed by atoms with Gasteiger partial charge in [0.15, 0.2) is 0 Å². The Morgan fingerprint density at radius 1 is 1.33 bits per heavy atom. The molecule has 98 valence electrons. The van der Waals surface area contributed by atoms with E-state index in [1.54, 1.807) is 23.1 Å². The van der Waals surface area contributed by atoms with Crippen LogP contribution < -0.4 is 10.2 Å². The minimum atomic E-state index is -0.338. The van der Waals surface area contributed by atoms with Gasteiger partial charge in [0, 0.05) is 26.1 Å². The predicted octanol–water partition coefficient (Wildman–Crippen LogP) is 2.18. The molecule has 0 bridgehead atoms. The number of nitrogens with one attached hydrogen (secondary N) is 1. The van der Waals surface area contributed by atoms with E-state index in [0.717, 1.165) is 6.54 Å². The second kappa shape index (κ2) is 5.06. The smallest absolute Gasteiger partial charge is 0.228 e. The molecule has 2 rings (SSSR count). The molecule has 0 spiro atoms. The van der Waals surface area contributed by atoms with Gasteiger partial charge in [-0.15, -0.1) is 0 Å². The molecule has 1 amide bonds. The van der Waals surface area contributed by atoms with Gasteiger partial charge in [-0.05, 0) is 17.5 Å². The van der Waals surface area contributed by atoms with Crippen molar-refractivity contribution in [2.45, 2.75) is 20.3 Å². The van der Waals surface area contributed by atoms with Crippen molar-refractivity contribution in [2.24, 2.45) is 5.41 Å². The Morgan fingerprint density at radius 2 is 2.06 bits per heavy atom. The number of amides is 1. The lowest BCUT2D eigenvalue weighted by atomic mass is 9.91. The first kappa shape index (κ1) is 13.0. The summed E-state index contributed by atoms with van der Waals surface area (Å²) in [5.41, 5.74) is 0.315. The van der Waals surface area contributed by atoms with Crippen LogP contribution in [0.1, 0.15) is 20.3 Å². The lowest BCUT2D eigenvalue weighted by Gasteiger charge is -2.35. The fraction of sp³-hybridized carbons (Fsp3) is 0.500. The number of halogens is 1. The first-order chi connectivity index (χ1) is 8.49. The molecule has 0 aromatic heterocycles. The number of anilines is 1. The van der Waals surface area contributed by atoms with Crippen molar-refractivity contribution in [2.75, 3.05) is 24.5 Å². The van der Waals surface area contributed by atoms with E-state index >= 15 is 0 Å². The Morgan fingerprint density at radius 3 is 2.78 bits per heavy atom.